The van der Waals surface area contributed by atoms with Gasteiger partial charge < -0.3 is 14.7 Å². The molecule has 1 saturated carbocycles. The third kappa shape index (κ3) is 3.39. The normalized spacial score (nSPS) is 14.9. The standard InChI is InChI=1S/C11H15N3O3/c1-14(8-2-3-8)4-5-17-10-7-12-9(6-13-10)11(15)16/h6-8H,2-5H2,1H3,(H,15,16). The van der Waals surface area contributed by atoms with Crippen molar-refractivity contribution in [2.75, 3.05) is 20.2 Å². The van der Waals surface area contributed by atoms with E-state index in [1.807, 2.05) is 0 Å². The highest BCUT2D eigenvalue weighted by Crippen LogP contribution is 2.24. The molecule has 0 saturated heterocycles. The van der Waals surface area contributed by atoms with E-state index >= 15 is 0 Å². The van der Waals surface area contributed by atoms with Crippen molar-refractivity contribution in [3.63, 3.8) is 0 Å². The minimum Gasteiger partial charge on any atom is -0.476 e. The summed E-state index contributed by atoms with van der Waals surface area (Å²) in [5.41, 5.74) is -0.0764. The first-order chi connectivity index (χ1) is 8.16. The van der Waals surface area contributed by atoms with Crippen LogP contribution in [0.3, 0.4) is 0 Å². The van der Waals surface area contributed by atoms with Gasteiger partial charge in [-0.25, -0.2) is 14.8 Å². The Morgan fingerprint density at radius 1 is 1.53 bits per heavy atom. The van der Waals surface area contributed by atoms with Crippen molar-refractivity contribution < 1.29 is 14.6 Å². The van der Waals surface area contributed by atoms with E-state index in [-0.39, 0.29) is 5.69 Å². The van der Waals surface area contributed by atoms with Crippen LogP contribution in [0.15, 0.2) is 12.4 Å². The predicted molar refractivity (Wildman–Crippen MR) is 60.1 cm³/mol. The Bertz CT molecular complexity index is 389. The van der Waals surface area contributed by atoms with Crippen molar-refractivity contribution in [3.05, 3.63) is 18.1 Å². The van der Waals surface area contributed by atoms with Gasteiger partial charge in [0.15, 0.2) is 5.69 Å². The maximum Gasteiger partial charge on any atom is 0.356 e. The molecule has 0 aromatic carbocycles. The van der Waals surface area contributed by atoms with Gasteiger partial charge in [-0.05, 0) is 19.9 Å². The molecule has 1 fully saturated rings. The number of carboxylic acids is 1. The maximum absolute atomic E-state index is 10.5. The molecule has 0 atom stereocenters. The summed E-state index contributed by atoms with van der Waals surface area (Å²) >= 11 is 0. The number of aromatic nitrogens is 2. The van der Waals surface area contributed by atoms with Crippen molar-refractivity contribution in [1.29, 1.82) is 0 Å². The first-order valence-corrected chi connectivity index (χ1v) is 5.55. The third-order valence-electron chi connectivity index (χ3n) is 2.71. The number of hydrogen-bond donors (Lipinski definition) is 1. The Morgan fingerprint density at radius 2 is 2.29 bits per heavy atom. The number of aromatic carboxylic acids is 1. The lowest BCUT2D eigenvalue weighted by Gasteiger charge is -2.15. The molecule has 17 heavy (non-hydrogen) atoms. The van der Waals surface area contributed by atoms with Gasteiger partial charge in [0, 0.05) is 12.6 Å². The van der Waals surface area contributed by atoms with Gasteiger partial charge in [-0.3, -0.25) is 0 Å². The van der Waals surface area contributed by atoms with Crippen molar-refractivity contribution in [2.24, 2.45) is 0 Å². The summed E-state index contributed by atoms with van der Waals surface area (Å²) in [6.45, 7) is 1.38. The van der Waals surface area contributed by atoms with E-state index in [0.29, 0.717) is 18.5 Å². The molecule has 0 radical (unpaired) electrons. The van der Waals surface area contributed by atoms with E-state index in [4.69, 9.17) is 9.84 Å². The fourth-order valence-electron chi connectivity index (χ4n) is 1.49. The molecule has 1 aliphatic carbocycles. The van der Waals surface area contributed by atoms with E-state index in [0.717, 1.165) is 6.54 Å². The van der Waals surface area contributed by atoms with Crippen molar-refractivity contribution in [3.8, 4) is 5.88 Å². The van der Waals surface area contributed by atoms with Crippen molar-refractivity contribution in [2.45, 2.75) is 18.9 Å². The molecule has 6 nitrogen and oxygen atoms in total. The first-order valence-electron chi connectivity index (χ1n) is 5.55. The minimum absolute atomic E-state index is 0.0764. The largest absolute Gasteiger partial charge is 0.476 e. The Kier molecular flexibility index (Phi) is 3.53. The van der Waals surface area contributed by atoms with Gasteiger partial charge in [-0.15, -0.1) is 0 Å². The Labute approximate surface area is 99.2 Å². The van der Waals surface area contributed by atoms with Gasteiger partial charge in [0.25, 0.3) is 0 Å². The lowest BCUT2D eigenvalue weighted by molar-refractivity contribution is 0.0689. The lowest BCUT2D eigenvalue weighted by Crippen LogP contribution is -2.26. The van der Waals surface area contributed by atoms with Crippen LogP contribution in [0.5, 0.6) is 5.88 Å². The number of ether oxygens (including phenoxy) is 1. The molecular formula is C11H15N3O3. The van der Waals surface area contributed by atoms with Crippen LogP contribution in [0.4, 0.5) is 0 Å². The monoisotopic (exact) mass is 237 g/mol. The molecule has 0 spiro atoms. The average Bonchev–Trinajstić information content (AvgIpc) is 3.13. The van der Waals surface area contributed by atoms with Crippen LogP contribution in [0.2, 0.25) is 0 Å². The number of nitrogens with zero attached hydrogens (tertiary/aromatic N) is 3. The summed E-state index contributed by atoms with van der Waals surface area (Å²) in [6, 6.07) is 0.707. The van der Waals surface area contributed by atoms with Gasteiger partial charge >= 0.3 is 5.97 Å². The second-order valence-corrected chi connectivity index (χ2v) is 4.11. The highest BCUT2D eigenvalue weighted by Gasteiger charge is 2.25. The van der Waals surface area contributed by atoms with Gasteiger partial charge in [0.2, 0.25) is 5.88 Å². The Morgan fingerprint density at radius 3 is 2.82 bits per heavy atom. The Balaban J connectivity index is 1.76. The fourth-order valence-corrected chi connectivity index (χ4v) is 1.49. The molecule has 2 rings (SSSR count). The van der Waals surface area contributed by atoms with Crippen LogP contribution in [0.1, 0.15) is 23.3 Å². The van der Waals surface area contributed by atoms with E-state index in [2.05, 4.69) is 21.9 Å². The van der Waals surface area contributed by atoms with Crippen LogP contribution >= 0.6 is 0 Å². The summed E-state index contributed by atoms with van der Waals surface area (Å²) < 4.78 is 5.38. The zero-order valence-electron chi connectivity index (χ0n) is 9.67. The molecule has 0 unspecified atom stereocenters. The molecule has 1 aliphatic rings. The second-order valence-electron chi connectivity index (χ2n) is 4.11. The zero-order valence-corrected chi connectivity index (χ0v) is 9.67. The lowest BCUT2D eigenvalue weighted by atomic mass is 10.5. The van der Waals surface area contributed by atoms with Crippen LogP contribution in [0.25, 0.3) is 0 Å². The second kappa shape index (κ2) is 5.09. The Hall–Kier alpha value is -1.69. The third-order valence-corrected chi connectivity index (χ3v) is 2.71. The first kappa shape index (κ1) is 11.8. The summed E-state index contributed by atoms with van der Waals surface area (Å²) in [5, 5.41) is 8.64. The molecule has 1 aromatic heterocycles. The fraction of sp³-hybridized carbons (Fsp3) is 0.545. The highest BCUT2D eigenvalue weighted by atomic mass is 16.5. The summed E-state index contributed by atoms with van der Waals surface area (Å²) in [4.78, 5) is 20.4. The van der Waals surface area contributed by atoms with Crippen molar-refractivity contribution >= 4 is 5.97 Å². The maximum atomic E-state index is 10.5. The average molecular weight is 237 g/mol. The molecule has 0 bridgehead atoms. The quantitative estimate of drug-likeness (QED) is 0.782. The van der Waals surface area contributed by atoms with Crippen LogP contribution in [-0.2, 0) is 0 Å². The molecule has 92 valence electrons. The van der Waals surface area contributed by atoms with E-state index in [1.165, 1.54) is 25.2 Å². The van der Waals surface area contributed by atoms with Gasteiger partial charge in [-0.1, -0.05) is 0 Å². The van der Waals surface area contributed by atoms with E-state index in [1.54, 1.807) is 0 Å². The summed E-state index contributed by atoms with van der Waals surface area (Å²) in [7, 11) is 2.07. The molecular weight excluding hydrogens is 222 g/mol. The number of rotatable bonds is 6. The predicted octanol–water partition coefficient (Wildman–Crippen LogP) is 0.648. The van der Waals surface area contributed by atoms with E-state index in [9.17, 15) is 4.79 Å². The number of hydrogen-bond acceptors (Lipinski definition) is 5. The van der Waals surface area contributed by atoms with Crippen molar-refractivity contribution in [1.82, 2.24) is 14.9 Å². The molecule has 1 aromatic rings. The summed E-state index contributed by atoms with van der Waals surface area (Å²) in [6.07, 6.45) is 5.07. The van der Waals surface area contributed by atoms with Gasteiger partial charge in [0.1, 0.15) is 6.61 Å². The van der Waals surface area contributed by atoms with Crippen LogP contribution < -0.4 is 4.74 Å². The van der Waals surface area contributed by atoms with E-state index < -0.39 is 5.97 Å². The molecule has 0 amide bonds. The summed E-state index contributed by atoms with van der Waals surface area (Å²) in [5.74, 6) is -0.725. The topological polar surface area (TPSA) is 75.5 Å². The smallest absolute Gasteiger partial charge is 0.356 e. The van der Waals surface area contributed by atoms with Gasteiger partial charge in [0.05, 0.1) is 12.4 Å². The zero-order chi connectivity index (χ0) is 12.3. The van der Waals surface area contributed by atoms with Crippen LogP contribution in [0, 0.1) is 0 Å². The molecule has 1 N–H and O–H groups in total. The molecule has 0 aliphatic heterocycles. The molecule has 6 heteroatoms. The number of likely N-dealkylation sites (N-methyl/N-ethyl adjacent to an activating group) is 1. The minimum atomic E-state index is -1.09. The van der Waals surface area contributed by atoms with Crippen LogP contribution in [-0.4, -0.2) is 52.2 Å². The molecule has 1 heterocycles. The number of carbonyl (C=O) groups is 1. The van der Waals surface area contributed by atoms with Gasteiger partial charge in [-0.2, -0.15) is 0 Å². The highest BCUT2D eigenvalue weighted by molar-refractivity contribution is 5.84. The SMILES string of the molecule is CN(CCOc1cnc(C(=O)O)cn1)C1CC1. The number of carboxylic acid groups (broad SMARTS) is 1.